The monoisotopic (exact) mass is 298 g/mol. The van der Waals surface area contributed by atoms with Crippen molar-refractivity contribution in [2.24, 2.45) is 0 Å². The number of nitrogens with zero attached hydrogens (tertiary/aromatic N) is 3. The molecule has 2 heterocycles. The highest BCUT2D eigenvalue weighted by atomic mass is 32.2. The fraction of sp³-hybridized carbons (Fsp3) is 0.417. The highest BCUT2D eigenvalue weighted by Gasteiger charge is 2.28. The van der Waals surface area contributed by atoms with Crippen molar-refractivity contribution in [1.82, 2.24) is 14.1 Å². The molecule has 2 rings (SSSR count). The second-order valence-electron chi connectivity index (χ2n) is 4.24. The minimum Gasteiger partial charge on any atom is -0.468 e. The molecule has 7 nitrogen and oxygen atoms in total. The summed E-state index contributed by atoms with van der Waals surface area (Å²) in [7, 11) is -3.68. The van der Waals surface area contributed by atoms with Gasteiger partial charge in [-0.1, -0.05) is 6.92 Å². The summed E-state index contributed by atoms with van der Waals surface area (Å²) >= 11 is 0. The van der Waals surface area contributed by atoms with Crippen LogP contribution in [0.25, 0.3) is 0 Å². The predicted molar refractivity (Wildman–Crippen MR) is 74.3 cm³/mol. The van der Waals surface area contributed by atoms with Gasteiger partial charge in [-0.3, -0.25) is 4.68 Å². The van der Waals surface area contributed by atoms with E-state index in [1.54, 1.807) is 19.1 Å². The lowest BCUT2D eigenvalue weighted by molar-refractivity contribution is 0.375. The Morgan fingerprint density at radius 2 is 2.20 bits per heavy atom. The average Bonchev–Trinajstić information content (AvgIpc) is 3.04. The normalized spacial score (nSPS) is 12.2. The van der Waals surface area contributed by atoms with E-state index >= 15 is 0 Å². The maximum atomic E-state index is 12.6. The third-order valence-corrected chi connectivity index (χ3v) is 4.90. The zero-order valence-electron chi connectivity index (χ0n) is 11.5. The first kappa shape index (κ1) is 14.6. The van der Waals surface area contributed by atoms with Crippen LogP contribution in [-0.2, 0) is 23.1 Å². The van der Waals surface area contributed by atoms with Gasteiger partial charge in [0, 0.05) is 19.3 Å². The molecule has 0 radical (unpaired) electrons. The summed E-state index contributed by atoms with van der Waals surface area (Å²) in [5, 5.41) is 3.97. The Balaban J connectivity index is 2.33. The van der Waals surface area contributed by atoms with Crippen molar-refractivity contribution >= 4 is 15.8 Å². The van der Waals surface area contributed by atoms with E-state index in [9.17, 15) is 8.42 Å². The van der Waals surface area contributed by atoms with Gasteiger partial charge >= 0.3 is 0 Å². The lowest BCUT2D eigenvalue weighted by Crippen LogP contribution is -2.30. The second kappa shape index (κ2) is 5.68. The van der Waals surface area contributed by atoms with Crippen LogP contribution in [0.5, 0.6) is 0 Å². The van der Waals surface area contributed by atoms with E-state index in [1.807, 2.05) is 6.92 Å². The summed E-state index contributed by atoms with van der Waals surface area (Å²) in [6.07, 6.45) is 2.97. The molecule has 0 aromatic carbocycles. The number of hydrogen-bond acceptors (Lipinski definition) is 5. The van der Waals surface area contributed by atoms with Crippen molar-refractivity contribution in [3.05, 3.63) is 30.4 Å². The lowest BCUT2D eigenvalue weighted by Gasteiger charge is -2.18. The largest absolute Gasteiger partial charge is 0.468 e. The minimum absolute atomic E-state index is 0.0183. The Labute approximate surface area is 118 Å². The van der Waals surface area contributed by atoms with E-state index in [-0.39, 0.29) is 17.3 Å². The predicted octanol–water partition coefficient (Wildman–Crippen LogP) is 1.29. The highest BCUT2D eigenvalue weighted by Crippen LogP contribution is 2.22. The molecular weight excluding hydrogens is 280 g/mol. The molecule has 0 saturated heterocycles. The summed E-state index contributed by atoms with van der Waals surface area (Å²) in [4.78, 5) is 0.0350. The Bertz CT molecular complexity index is 661. The third-order valence-electron chi connectivity index (χ3n) is 2.96. The molecule has 0 aliphatic rings. The van der Waals surface area contributed by atoms with Gasteiger partial charge in [-0.2, -0.15) is 9.40 Å². The first-order chi connectivity index (χ1) is 9.48. The standard InChI is InChI=1S/C12H18N4O3S/c1-3-15-9-11(12(13)14-15)20(17,18)16(4-2)8-10-6-5-7-19-10/h5-7,9H,3-4,8H2,1-2H3,(H2,13,14). The molecule has 2 aromatic heterocycles. The Hall–Kier alpha value is -1.80. The van der Waals surface area contributed by atoms with Crippen LogP contribution in [0, 0.1) is 0 Å². The number of hydrogen-bond donors (Lipinski definition) is 1. The number of sulfonamides is 1. The van der Waals surface area contributed by atoms with Gasteiger partial charge in [0.05, 0.1) is 12.8 Å². The van der Waals surface area contributed by atoms with Crippen LogP contribution in [0.1, 0.15) is 19.6 Å². The molecule has 0 amide bonds. The van der Waals surface area contributed by atoms with E-state index in [2.05, 4.69) is 5.10 Å². The van der Waals surface area contributed by atoms with Gasteiger partial charge in [0.1, 0.15) is 10.7 Å². The summed E-state index contributed by atoms with van der Waals surface area (Å²) in [5.74, 6) is 0.599. The van der Waals surface area contributed by atoms with Gasteiger partial charge < -0.3 is 10.2 Å². The van der Waals surface area contributed by atoms with Crippen molar-refractivity contribution in [1.29, 1.82) is 0 Å². The highest BCUT2D eigenvalue weighted by molar-refractivity contribution is 7.89. The van der Waals surface area contributed by atoms with Gasteiger partial charge in [-0.25, -0.2) is 8.42 Å². The number of aryl methyl sites for hydroxylation is 1. The number of furan rings is 1. The van der Waals surface area contributed by atoms with Gasteiger partial charge in [0.15, 0.2) is 5.82 Å². The molecule has 0 aliphatic carbocycles. The van der Waals surface area contributed by atoms with E-state index in [0.717, 1.165) is 0 Å². The molecule has 2 aromatic rings. The van der Waals surface area contributed by atoms with Crippen LogP contribution in [0.4, 0.5) is 5.82 Å². The molecule has 2 N–H and O–H groups in total. The third kappa shape index (κ3) is 2.70. The second-order valence-corrected chi connectivity index (χ2v) is 6.15. The molecule has 0 saturated carbocycles. The van der Waals surface area contributed by atoms with Crippen LogP contribution in [0.2, 0.25) is 0 Å². The van der Waals surface area contributed by atoms with Crippen molar-refractivity contribution < 1.29 is 12.8 Å². The number of aromatic nitrogens is 2. The van der Waals surface area contributed by atoms with Gasteiger partial charge in [0.2, 0.25) is 10.0 Å². The van der Waals surface area contributed by atoms with Crippen LogP contribution >= 0.6 is 0 Å². The zero-order chi connectivity index (χ0) is 14.8. The van der Waals surface area contributed by atoms with Crippen LogP contribution in [0.15, 0.2) is 33.9 Å². The van der Waals surface area contributed by atoms with Crippen molar-refractivity contribution in [2.75, 3.05) is 12.3 Å². The average molecular weight is 298 g/mol. The SMILES string of the molecule is CCN(Cc1ccco1)S(=O)(=O)c1cn(CC)nc1N. The molecule has 110 valence electrons. The maximum Gasteiger partial charge on any atom is 0.248 e. The molecule has 0 fully saturated rings. The topological polar surface area (TPSA) is 94.4 Å². The lowest BCUT2D eigenvalue weighted by atomic mass is 10.4. The maximum absolute atomic E-state index is 12.6. The molecule has 0 unspecified atom stereocenters. The molecular formula is C12H18N4O3S. The smallest absolute Gasteiger partial charge is 0.248 e. The van der Waals surface area contributed by atoms with E-state index in [1.165, 1.54) is 21.4 Å². The number of nitrogens with two attached hydrogens (primary N) is 1. The molecule has 0 atom stereocenters. The van der Waals surface area contributed by atoms with Gasteiger partial charge in [-0.05, 0) is 19.1 Å². The van der Waals surface area contributed by atoms with E-state index in [4.69, 9.17) is 10.2 Å². The minimum atomic E-state index is -3.68. The molecule has 20 heavy (non-hydrogen) atoms. The molecule has 8 heteroatoms. The van der Waals surface area contributed by atoms with Gasteiger partial charge in [-0.15, -0.1) is 0 Å². The van der Waals surface area contributed by atoms with Crippen LogP contribution in [0.3, 0.4) is 0 Å². The number of rotatable bonds is 6. The molecule has 0 aliphatic heterocycles. The van der Waals surface area contributed by atoms with Crippen molar-refractivity contribution in [2.45, 2.75) is 31.8 Å². The summed E-state index contributed by atoms with van der Waals surface area (Å²) < 4.78 is 33.2. The zero-order valence-corrected chi connectivity index (χ0v) is 12.3. The molecule has 0 spiro atoms. The Kier molecular flexibility index (Phi) is 4.15. The Morgan fingerprint density at radius 3 is 2.70 bits per heavy atom. The van der Waals surface area contributed by atoms with Crippen LogP contribution < -0.4 is 5.73 Å². The fourth-order valence-corrected chi connectivity index (χ4v) is 3.34. The summed E-state index contributed by atoms with van der Waals surface area (Å²) in [6.45, 7) is 4.68. The quantitative estimate of drug-likeness (QED) is 0.867. The first-order valence-corrected chi connectivity index (χ1v) is 7.78. The van der Waals surface area contributed by atoms with Crippen molar-refractivity contribution in [3.63, 3.8) is 0 Å². The van der Waals surface area contributed by atoms with Crippen LogP contribution in [-0.4, -0.2) is 29.0 Å². The number of nitrogen functional groups attached to an aromatic ring is 1. The molecule has 0 bridgehead atoms. The van der Waals surface area contributed by atoms with E-state index < -0.39 is 10.0 Å². The number of anilines is 1. The fourth-order valence-electron chi connectivity index (χ4n) is 1.86. The summed E-state index contributed by atoms with van der Waals surface area (Å²) in [5.41, 5.74) is 5.71. The van der Waals surface area contributed by atoms with Gasteiger partial charge in [0.25, 0.3) is 0 Å². The Morgan fingerprint density at radius 1 is 1.45 bits per heavy atom. The van der Waals surface area contributed by atoms with E-state index in [0.29, 0.717) is 18.8 Å². The summed E-state index contributed by atoms with van der Waals surface area (Å²) in [6, 6.07) is 3.45. The first-order valence-electron chi connectivity index (χ1n) is 6.34. The van der Waals surface area contributed by atoms with Crippen molar-refractivity contribution in [3.8, 4) is 0 Å².